The van der Waals surface area contributed by atoms with Gasteiger partial charge in [-0.05, 0) is 42.9 Å². The predicted octanol–water partition coefficient (Wildman–Crippen LogP) is 2.69. The maximum Gasteiger partial charge on any atom is 0.416 e. The first kappa shape index (κ1) is 18.7. The summed E-state index contributed by atoms with van der Waals surface area (Å²) in [6.07, 6.45) is 0.269. The fourth-order valence-electron chi connectivity index (χ4n) is 4.62. The van der Waals surface area contributed by atoms with Crippen molar-refractivity contribution >= 4 is 17.7 Å². The third-order valence-corrected chi connectivity index (χ3v) is 5.95. The van der Waals surface area contributed by atoms with Gasteiger partial charge in [-0.3, -0.25) is 19.3 Å². The van der Waals surface area contributed by atoms with E-state index in [1.54, 1.807) is 6.92 Å². The van der Waals surface area contributed by atoms with Crippen LogP contribution in [0.2, 0.25) is 0 Å². The molecule has 1 aromatic rings. The van der Waals surface area contributed by atoms with E-state index in [1.165, 1.54) is 12.1 Å². The SMILES string of the molecule is C[C@@H](NC(=O)CN1C(=O)[C@@H]2[C@H](C1=O)[C@H]1C=C[C@H]2C1)c1cccc(C(F)(F)F)c1. The zero-order chi connectivity index (χ0) is 20.2. The van der Waals surface area contributed by atoms with Gasteiger partial charge in [0.1, 0.15) is 6.54 Å². The topological polar surface area (TPSA) is 66.5 Å². The van der Waals surface area contributed by atoms with E-state index in [0.717, 1.165) is 23.5 Å². The first-order chi connectivity index (χ1) is 13.2. The molecule has 1 saturated heterocycles. The summed E-state index contributed by atoms with van der Waals surface area (Å²) in [6, 6.07) is 4.00. The van der Waals surface area contributed by atoms with Gasteiger partial charge < -0.3 is 5.32 Å². The molecule has 1 N–H and O–H groups in total. The van der Waals surface area contributed by atoms with Gasteiger partial charge in [0.25, 0.3) is 0 Å². The maximum absolute atomic E-state index is 12.9. The van der Waals surface area contributed by atoms with Crippen molar-refractivity contribution in [2.75, 3.05) is 6.54 Å². The molecule has 2 bridgehead atoms. The quantitative estimate of drug-likeness (QED) is 0.633. The van der Waals surface area contributed by atoms with Gasteiger partial charge in [-0.2, -0.15) is 13.2 Å². The minimum absolute atomic E-state index is 0.0588. The van der Waals surface area contributed by atoms with Gasteiger partial charge in [0.2, 0.25) is 17.7 Å². The van der Waals surface area contributed by atoms with Crippen LogP contribution in [-0.2, 0) is 20.6 Å². The van der Waals surface area contributed by atoms with Crippen molar-refractivity contribution in [1.29, 1.82) is 0 Å². The van der Waals surface area contributed by atoms with Gasteiger partial charge in [-0.1, -0.05) is 24.3 Å². The van der Waals surface area contributed by atoms with Crippen LogP contribution in [0.4, 0.5) is 13.2 Å². The van der Waals surface area contributed by atoms with E-state index in [1.807, 2.05) is 12.2 Å². The normalized spacial score (nSPS) is 29.4. The van der Waals surface area contributed by atoms with Gasteiger partial charge in [-0.25, -0.2) is 0 Å². The first-order valence-corrected chi connectivity index (χ1v) is 9.17. The molecule has 5 nitrogen and oxygen atoms in total. The number of carbonyl (C=O) groups is 3. The van der Waals surface area contributed by atoms with E-state index < -0.39 is 30.2 Å². The highest BCUT2D eigenvalue weighted by atomic mass is 19.4. The average Bonchev–Trinajstić information content (AvgIpc) is 3.31. The lowest BCUT2D eigenvalue weighted by molar-refractivity contribution is -0.144. The number of nitrogens with one attached hydrogen (secondary N) is 1. The molecule has 3 aliphatic rings. The van der Waals surface area contributed by atoms with Gasteiger partial charge in [-0.15, -0.1) is 0 Å². The molecule has 2 aliphatic carbocycles. The lowest BCUT2D eigenvalue weighted by Gasteiger charge is -2.20. The van der Waals surface area contributed by atoms with Crippen molar-refractivity contribution in [3.8, 4) is 0 Å². The molecule has 2 fully saturated rings. The smallest absolute Gasteiger partial charge is 0.348 e. The zero-order valence-corrected chi connectivity index (χ0v) is 15.1. The number of nitrogens with zero attached hydrogens (tertiary/aromatic N) is 1. The van der Waals surface area contributed by atoms with Gasteiger partial charge >= 0.3 is 6.18 Å². The average molecular weight is 392 g/mol. The fraction of sp³-hybridized carbons (Fsp3) is 0.450. The summed E-state index contributed by atoms with van der Waals surface area (Å²) < 4.78 is 38.6. The van der Waals surface area contributed by atoms with Crippen LogP contribution in [0.5, 0.6) is 0 Å². The first-order valence-electron chi connectivity index (χ1n) is 9.17. The maximum atomic E-state index is 12.9. The minimum atomic E-state index is -4.47. The van der Waals surface area contributed by atoms with Crippen LogP contribution in [0.25, 0.3) is 0 Å². The Morgan fingerprint density at radius 1 is 1.18 bits per heavy atom. The standard InChI is InChI=1S/C20H19F3N2O3/c1-10(11-3-2-4-14(8-11)20(21,22)23)24-15(26)9-25-18(27)16-12-5-6-13(7-12)17(16)19(25)28/h2-6,8,10,12-13,16-17H,7,9H2,1H3,(H,24,26)/t10-,12+,13+,16-,17+/m1/s1. The van der Waals surface area contributed by atoms with Crippen LogP contribution in [-0.4, -0.2) is 29.2 Å². The number of benzene rings is 1. The number of amides is 3. The summed E-state index contributed by atoms with van der Waals surface area (Å²) in [5, 5.41) is 2.58. The summed E-state index contributed by atoms with van der Waals surface area (Å²) in [4.78, 5) is 38.6. The number of alkyl halides is 3. The number of imide groups is 1. The van der Waals surface area contributed by atoms with Crippen molar-refractivity contribution in [1.82, 2.24) is 10.2 Å². The van der Waals surface area contributed by atoms with Gasteiger partial charge in [0.05, 0.1) is 23.4 Å². The second-order valence-electron chi connectivity index (χ2n) is 7.67. The molecule has 148 valence electrons. The lowest BCUT2D eigenvalue weighted by atomic mass is 9.85. The second-order valence-corrected chi connectivity index (χ2v) is 7.67. The fourth-order valence-corrected chi connectivity index (χ4v) is 4.62. The summed E-state index contributed by atoms with van der Waals surface area (Å²) in [6.45, 7) is 1.15. The van der Waals surface area contributed by atoms with Crippen LogP contribution >= 0.6 is 0 Å². The molecule has 0 radical (unpaired) electrons. The molecule has 28 heavy (non-hydrogen) atoms. The highest BCUT2D eigenvalue weighted by Gasteiger charge is 2.59. The minimum Gasteiger partial charge on any atom is -0.348 e. The predicted molar refractivity (Wildman–Crippen MR) is 92.4 cm³/mol. The van der Waals surface area contributed by atoms with Crippen LogP contribution in [0.3, 0.4) is 0 Å². The molecule has 0 aromatic heterocycles. The van der Waals surface area contributed by atoms with Crippen molar-refractivity contribution in [3.05, 3.63) is 47.5 Å². The van der Waals surface area contributed by atoms with Gasteiger partial charge in [0.15, 0.2) is 0 Å². The van der Waals surface area contributed by atoms with Gasteiger partial charge in [0, 0.05) is 0 Å². The van der Waals surface area contributed by atoms with Crippen molar-refractivity contribution in [2.45, 2.75) is 25.6 Å². The number of rotatable bonds is 4. The number of hydrogen-bond donors (Lipinski definition) is 1. The molecule has 1 aromatic carbocycles. The second kappa shape index (κ2) is 6.46. The summed E-state index contributed by atoms with van der Waals surface area (Å²) in [5.74, 6) is -1.87. The molecule has 3 amide bonds. The number of fused-ring (bicyclic) bond motifs is 5. The van der Waals surface area contributed by atoms with Crippen LogP contribution < -0.4 is 5.32 Å². The highest BCUT2D eigenvalue weighted by Crippen LogP contribution is 2.52. The monoisotopic (exact) mass is 392 g/mol. The number of halogens is 3. The van der Waals surface area contributed by atoms with E-state index in [9.17, 15) is 27.6 Å². The van der Waals surface area contributed by atoms with Crippen LogP contribution in [0, 0.1) is 23.7 Å². The molecule has 4 rings (SSSR count). The number of allylic oxidation sites excluding steroid dienone is 2. The van der Waals surface area contributed by atoms with E-state index in [-0.39, 0.29) is 35.5 Å². The Hall–Kier alpha value is -2.64. The van der Waals surface area contributed by atoms with Crippen LogP contribution in [0.1, 0.15) is 30.5 Å². The van der Waals surface area contributed by atoms with Crippen molar-refractivity contribution in [3.63, 3.8) is 0 Å². The summed E-state index contributed by atoms with van der Waals surface area (Å²) in [5.41, 5.74) is -0.506. The molecule has 5 atom stereocenters. The Morgan fingerprint density at radius 3 is 2.36 bits per heavy atom. The Kier molecular flexibility index (Phi) is 4.32. The molecule has 1 heterocycles. The van der Waals surface area contributed by atoms with E-state index >= 15 is 0 Å². The summed E-state index contributed by atoms with van der Waals surface area (Å²) in [7, 11) is 0. The van der Waals surface area contributed by atoms with E-state index in [0.29, 0.717) is 5.56 Å². The number of carbonyl (C=O) groups excluding carboxylic acids is 3. The number of likely N-dealkylation sites (tertiary alicyclic amines) is 1. The third-order valence-electron chi connectivity index (χ3n) is 5.95. The molecule has 0 spiro atoms. The van der Waals surface area contributed by atoms with Crippen LogP contribution in [0.15, 0.2) is 36.4 Å². The summed E-state index contributed by atoms with van der Waals surface area (Å²) >= 11 is 0. The van der Waals surface area contributed by atoms with E-state index in [4.69, 9.17) is 0 Å². The molecule has 1 saturated carbocycles. The Labute approximate surface area is 159 Å². The van der Waals surface area contributed by atoms with Crippen molar-refractivity contribution < 1.29 is 27.6 Å². The molecular formula is C20H19F3N2O3. The molecular weight excluding hydrogens is 373 g/mol. The number of hydrogen-bond acceptors (Lipinski definition) is 3. The lowest BCUT2D eigenvalue weighted by Crippen LogP contribution is -2.42. The Bertz CT molecular complexity index is 850. The Morgan fingerprint density at radius 2 is 1.79 bits per heavy atom. The zero-order valence-electron chi connectivity index (χ0n) is 15.1. The Balaban J connectivity index is 1.41. The van der Waals surface area contributed by atoms with E-state index in [2.05, 4.69) is 5.32 Å². The third kappa shape index (κ3) is 3.00. The van der Waals surface area contributed by atoms with Crippen molar-refractivity contribution in [2.24, 2.45) is 23.7 Å². The molecule has 1 aliphatic heterocycles. The molecule has 8 heteroatoms. The largest absolute Gasteiger partial charge is 0.416 e. The highest BCUT2D eigenvalue weighted by molar-refractivity contribution is 6.08. The molecule has 0 unspecified atom stereocenters.